The molecule has 0 unspecified atom stereocenters. The van der Waals surface area contributed by atoms with Crippen molar-refractivity contribution in [2.45, 2.75) is 25.7 Å². The van der Waals surface area contributed by atoms with Crippen LogP contribution in [0.2, 0.25) is 0 Å². The van der Waals surface area contributed by atoms with Crippen LogP contribution in [-0.4, -0.2) is 43.3 Å². The third-order valence-electron chi connectivity index (χ3n) is 2.06. The fraction of sp³-hybridized carbons (Fsp3) is 0.400. The smallest absolute Gasteiger partial charge is 0.303 e. The number of nitrogens with one attached hydrogen (secondary N) is 2. The number of rotatable bonds is 8. The summed E-state index contributed by atoms with van der Waals surface area (Å²) in [5.74, 6) is -3.32. The third kappa shape index (κ3) is 6.96. The maximum atomic E-state index is 11.3. The van der Waals surface area contributed by atoms with Gasteiger partial charge in [-0.05, 0) is 0 Å². The molecule has 114 valence electrons. The molecule has 0 saturated heterocycles. The molecule has 4 N–H and O–H groups in total. The number of carbonyl (C=O) groups excluding carboxylic acids is 2. The minimum Gasteiger partial charge on any atom is -0.481 e. The van der Waals surface area contributed by atoms with Crippen molar-refractivity contribution >= 4 is 46.4 Å². The highest BCUT2D eigenvalue weighted by atomic mass is 32.1. The van der Waals surface area contributed by atoms with Crippen LogP contribution in [0.15, 0.2) is 0 Å². The van der Waals surface area contributed by atoms with E-state index < -0.39 is 23.8 Å². The van der Waals surface area contributed by atoms with Crippen LogP contribution >= 0.6 is 11.5 Å². The second-order valence-electron chi connectivity index (χ2n) is 3.81. The Morgan fingerprint density at radius 3 is 1.95 bits per heavy atom. The molecule has 0 saturated carbocycles. The first-order valence-corrected chi connectivity index (χ1v) is 6.51. The number of carboxylic acid groups (broad SMARTS) is 2. The van der Waals surface area contributed by atoms with Gasteiger partial charge in [0.25, 0.3) is 0 Å². The molecule has 2 amide bonds. The molecule has 0 aliphatic rings. The first-order chi connectivity index (χ1) is 9.86. The van der Waals surface area contributed by atoms with Crippen molar-refractivity contribution in [1.29, 1.82) is 0 Å². The summed E-state index contributed by atoms with van der Waals surface area (Å²) in [7, 11) is 0. The van der Waals surface area contributed by atoms with Gasteiger partial charge in [-0.1, -0.05) is 0 Å². The van der Waals surface area contributed by atoms with Gasteiger partial charge in [-0.15, -0.1) is 0 Å². The van der Waals surface area contributed by atoms with Gasteiger partial charge >= 0.3 is 11.9 Å². The zero-order chi connectivity index (χ0) is 15.8. The van der Waals surface area contributed by atoms with Gasteiger partial charge in [-0.25, -0.2) is 0 Å². The number of hydrogen-bond donors (Lipinski definition) is 4. The zero-order valence-electron chi connectivity index (χ0n) is 10.7. The molecule has 1 aromatic heterocycles. The predicted octanol–water partition coefficient (Wildman–Crippen LogP) is 0.145. The number of anilines is 2. The Morgan fingerprint density at radius 2 is 1.43 bits per heavy atom. The monoisotopic (exact) mass is 316 g/mol. The Hall–Kier alpha value is -2.56. The second-order valence-corrected chi connectivity index (χ2v) is 4.56. The summed E-state index contributed by atoms with van der Waals surface area (Å²) >= 11 is 0.807. The minimum atomic E-state index is -1.09. The van der Waals surface area contributed by atoms with Gasteiger partial charge in [0, 0.05) is 24.4 Å². The number of nitrogens with zero attached hydrogens (tertiary/aromatic N) is 2. The lowest BCUT2D eigenvalue weighted by Gasteiger charge is -1.99. The zero-order valence-corrected chi connectivity index (χ0v) is 11.5. The van der Waals surface area contributed by atoms with Crippen molar-refractivity contribution < 1.29 is 29.4 Å². The van der Waals surface area contributed by atoms with E-state index in [0.29, 0.717) is 0 Å². The Balaban J connectivity index is 2.42. The van der Waals surface area contributed by atoms with Crippen molar-refractivity contribution in [2.24, 2.45) is 0 Å². The SMILES string of the molecule is O=C(O)CCC(=O)Nc1nsc(NC(=O)CCC(=O)O)n1. The second kappa shape index (κ2) is 7.89. The van der Waals surface area contributed by atoms with Crippen LogP contribution in [0.4, 0.5) is 11.1 Å². The molecule has 0 radical (unpaired) electrons. The molecule has 0 spiro atoms. The third-order valence-corrected chi connectivity index (χ3v) is 2.69. The fourth-order valence-corrected chi connectivity index (χ4v) is 1.68. The van der Waals surface area contributed by atoms with Crippen LogP contribution in [-0.2, 0) is 19.2 Å². The highest BCUT2D eigenvalue weighted by Crippen LogP contribution is 2.15. The van der Waals surface area contributed by atoms with Crippen LogP contribution in [0.1, 0.15) is 25.7 Å². The van der Waals surface area contributed by atoms with Crippen molar-refractivity contribution in [3.63, 3.8) is 0 Å². The number of carboxylic acids is 2. The predicted molar refractivity (Wildman–Crippen MR) is 70.9 cm³/mol. The summed E-state index contributed by atoms with van der Waals surface area (Å²) in [6.45, 7) is 0. The van der Waals surface area contributed by atoms with E-state index >= 15 is 0 Å². The number of amides is 2. The van der Waals surface area contributed by atoms with Crippen LogP contribution < -0.4 is 10.6 Å². The van der Waals surface area contributed by atoms with Crippen LogP contribution in [0, 0.1) is 0 Å². The van der Waals surface area contributed by atoms with E-state index in [0.717, 1.165) is 11.5 Å². The summed E-state index contributed by atoms with van der Waals surface area (Å²) in [5.41, 5.74) is 0. The highest BCUT2D eigenvalue weighted by Gasteiger charge is 2.12. The molecule has 1 rings (SSSR count). The molecular formula is C10H12N4O6S. The molecule has 0 atom stereocenters. The summed E-state index contributed by atoms with van der Waals surface area (Å²) in [5, 5.41) is 21.6. The average Bonchev–Trinajstić information content (AvgIpc) is 2.81. The largest absolute Gasteiger partial charge is 0.481 e. The molecule has 10 nitrogen and oxygen atoms in total. The lowest BCUT2D eigenvalue weighted by atomic mass is 10.3. The molecule has 0 aliphatic carbocycles. The molecular weight excluding hydrogens is 304 g/mol. The lowest BCUT2D eigenvalue weighted by Crippen LogP contribution is -2.15. The van der Waals surface area contributed by atoms with E-state index in [9.17, 15) is 19.2 Å². The minimum absolute atomic E-state index is 0.0519. The van der Waals surface area contributed by atoms with E-state index in [1.165, 1.54) is 0 Å². The van der Waals surface area contributed by atoms with E-state index in [4.69, 9.17) is 10.2 Å². The topological polar surface area (TPSA) is 159 Å². The van der Waals surface area contributed by atoms with Gasteiger partial charge in [0.05, 0.1) is 12.8 Å². The van der Waals surface area contributed by atoms with E-state index in [-0.39, 0.29) is 36.8 Å². The molecule has 21 heavy (non-hydrogen) atoms. The van der Waals surface area contributed by atoms with Gasteiger partial charge < -0.3 is 15.5 Å². The average molecular weight is 316 g/mol. The van der Waals surface area contributed by atoms with Gasteiger partial charge in [-0.2, -0.15) is 9.36 Å². The van der Waals surface area contributed by atoms with E-state index in [1.807, 2.05) is 0 Å². The maximum Gasteiger partial charge on any atom is 0.303 e. The molecule has 1 heterocycles. The Labute approximate surface area is 122 Å². The van der Waals surface area contributed by atoms with E-state index in [1.54, 1.807) is 0 Å². The summed E-state index contributed by atoms with van der Waals surface area (Å²) in [6.07, 6.45) is -1.03. The Bertz CT molecular complexity index is 511. The van der Waals surface area contributed by atoms with Crippen LogP contribution in [0.5, 0.6) is 0 Å². The number of aliphatic carboxylic acids is 2. The van der Waals surface area contributed by atoms with Crippen molar-refractivity contribution in [2.75, 3.05) is 10.6 Å². The summed E-state index contributed by atoms with van der Waals surface area (Å²) in [4.78, 5) is 47.0. The maximum absolute atomic E-state index is 11.3. The highest BCUT2D eigenvalue weighted by molar-refractivity contribution is 7.10. The van der Waals surface area contributed by atoms with Gasteiger partial charge in [0.1, 0.15) is 0 Å². The van der Waals surface area contributed by atoms with Crippen LogP contribution in [0.25, 0.3) is 0 Å². The van der Waals surface area contributed by atoms with Crippen molar-refractivity contribution in [1.82, 2.24) is 9.36 Å². The molecule has 1 aromatic rings. The molecule has 0 bridgehead atoms. The van der Waals surface area contributed by atoms with Crippen LogP contribution in [0.3, 0.4) is 0 Å². The lowest BCUT2D eigenvalue weighted by molar-refractivity contribution is -0.138. The molecule has 0 aromatic carbocycles. The molecule has 11 heteroatoms. The number of hydrogen-bond acceptors (Lipinski definition) is 7. The first-order valence-electron chi connectivity index (χ1n) is 5.74. The first kappa shape index (κ1) is 16.5. The Morgan fingerprint density at radius 1 is 0.905 bits per heavy atom. The Kier molecular flexibility index (Phi) is 6.20. The summed E-state index contributed by atoms with van der Waals surface area (Å²) in [6, 6.07) is 0. The number of aromatic nitrogens is 2. The van der Waals surface area contributed by atoms with Crippen molar-refractivity contribution in [3.05, 3.63) is 0 Å². The van der Waals surface area contributed by atoms with Gasteiger partial charge in [-0.3, -0.25) is 24.5 Å². The van der Waals surface area contributed by atoms with Gasteiger partial charge in [0.15, 0.2) is 0 Å². The summed E-state index contributed by atoms with van der Waals surface area (Å²) < 4.78 is 3.75. The number of carbonyl (C=O) groups is 4. The quantitative estimate of drug-likeness (QED) is 0.527. The standard InChI is InChI=1S/C10H12N4O6S/c15-5(1-3-7(17)18)11-9-13-10(21-14-9)12-6(16)2-4-8(19)20/h1-4H2,(H,17,18)(H,19,20)(H2,11,12,13,14,15,16). The van der Waals surface area contributed by atoms with Gasteiger partial charge in [0.2, 0.25) is 22.9 Å². The van der Waals surface area contributed by atoms with Crippen molar-refractivity contribution in [3.8, 4) is 0 Å². The molecule has 0 aliphatic heterocycles. The molecule has 0 fully saturated rings. The normalized spacial score (nSPS) is 9.90. The van der Waals surface area contributed by atoms with E-state index in [2.05, 4.69) is 20.0 Å². The fourth-order valence-electron chi connectivity index (χ4n) is 1.13.